The minimum atomic E-state index is 0.369. The van der Waals surface area contributed by atoms with Gasteiger partial charge >= 0.3 is 0 Å². The summed E-state index contributed by atoms with van der Waals surface area (Å²) in [4.78, 5) is 25.9. The summed E-state index contributed by atoms with van der Waals surface area (Å²) in [7, 11) is 0. The van der Waals surface area contributed by atoms with Crippen molar-refractivity contribution in [1.82, 2.24) is 24.9 Å². The Kier molecular flexibility index (Phi) is 7.77. The van der Waals surface area contributed by atoms with E-state index in [1.54, 1.807) is 0 Å². The smallest absolute Gasteiger partial charge is 0.164 e. The third-order valence-corrected chi connectivity index (χ3v) is 13.3. The van der Waals surface area contributed by atoms with Gasteiger partial charge in [0.05, 0.1) is 11.4 Å². The number of benzene rings is 7. The van der Waals surface area contributed by atoms with Crippen LogP contribution in [-0.4, -0.2) is 24.9 Å². The lowest BCUT2D eigenvalue weighted by atomic mass is 9.28. The zero-order valence-corrected chi connectivity index (χ0v) is 32.4. The third kappa shape index (κ3) is 5.64. The average molecular weight is 758 g/mol. The van der Waals surface area contributed by atoms with Gasteiger partial charge in [-0.25, -0.2) is 24.9 Å². The van der Waals surface area contributed by atoms with Crippen molar-refractivity contribution in [3.05, 3.63) is 188 Å². The number of rotatable bonds is 8. The first kappa shape index (κ1) is 34.0. The maximum Gasteiger partial charge on any atom is 0.164 e. The minimum absolute atomic E-state index is 0.369. The van der Waals surface area contributed by atoms with E-state index in [9.17, 15) is 0 Å². The van der Waals surface area contributed by atoms with Crippen LogP contribution in [0.1, 0.15) is 24.8 Å². The van der Waals surface area contributed by atoms with E-state index in [0.29, 0.717) is 28.7 Å². The molecule has 0 aliphatic heterocycles. The first-order valence-electron chi connectivity index (χ1n) is 20.7. The summed E-state index contributed by atoms with van der Waals surface area (Å²) >= 11 is 0. The Morgan fingerprint density at radius 2 is 0.814 bits per heavy atom. The van der Waals surface area contributed by atoms with E-state index < -0.39 is 0 Å². The van der Waals surface area contributed by atoms with Crippen LogP contribution in [0.5, 0.6) is 0 Å². The SMILES string of the molecule is c1ccc(-c2cccc(-c3cc(-c4cccc(C56CC7CC(C5)C76)c4)nc(-c4cccc5c(-c6nc(-c7ccccc7)nc(-c7ccccc7)n6)cccc45)n3)c2)cc1. The van der Waals surface area contributed by atoms with Crippen LogP contribution in [0.3, 0.4) is 0 Å². The molecule has 2 atom stereocenters. The van der Waals surface area contributed by atoms with Crippen LogP contribution in [0.15, 0.2) is 182 Å². The zero-order chi connectivity index (χ0) is 38.9. The monoisotopic (exact) mass is 757 g/mol. The molecular formula is C54H39N5. The Bertz CT molecular complexity index is 2980. The van der Waals surface area contributed by atoms with Crippen molar-refractivity contribution in [2.45, 2.75) is 24.7 Å². The molecule has 0 N–H and O–H groups in total. The molecule has 12 rings (SSSR count). The molecule has 2 heterocycles. The molecule has 0 amide bonds. The van der Waals surface area contributed by atoms with Crippen molar-refractivity contribution >= 4 is 10.8 Å². The highest BCUT2D eigenvalue weighted by Crippen LogP contribution is 2.77. The molecule has 5 heteroatoms. The van der Waals surface area contributed by atoms with Gasteiger partial charge in [0.25, 0.3) is 0 Å². The van der Waals surface area contributed by atoms with E-state index in [4.69, 9.17) is 24.9 Å². The summed E-state index contributed by atoms with van der Waals surface area (Å²) < 4.78 is 0. The maximum atomic E-state index is 5.42. The average Bonchev–Trinajstić information content (AvgIpc) is 3.31. The molecule has 5 nitrogen and oxygen atoms in total. The summed E-state index contributed by atoms with van der Waals surface area (Å²) in [5.74, 6) is 5.34. The quantitative estimate of drug-likeness (QED) is 0.154. The van der Waals surface area contributed by atoms with Crippen LogP contribution in [0, 0.1) is 17.8 Å². The summed E-state index contributed by atoms with van der Waals surface area (Å²) in [6, 6.07) is 63.7. The molecule has 3 aliphatic carbocycles. The highest BCUT2D eigenvalue weighted by Gasteiger charge is 2.71. The van der Waals surface area contributed by atoms with Crippen molar-refractivity contribution in [3.8, 4) is 79.2 Å². The first-order chi connectivity index (χ1) is 29.2. The van der Waals surface area contributed by atoms with Gasteiger partial charge in [0.1, 0.15) is 0 Å². The number of fused-ring (bicyclic) bond motifs is 1. The second-order valence-electron chi connectivity index (χ2n) is 16.6. The van der Waals surface area contributed by atoms with Gasteiger partial charge in [0.15, 0.2) is 23.3 Å². The van der Waals surface area contributed by atoms with Crippen LogP contribution in [0.4, 0.5) is 0 Å². The summed E-state index contributed by atoms with van der Waals surface area (Å²) in [6.45, 7) is 0. The van der Waals surface area contributed by atoms with Crippen LogP contribution in [0.25, 0.3) is 90.0 Å². The Morgan fingerprint density at radius 3 is 1.37 bits per heavy atom. The standard InChI is InChI=1S/C54H39N5/c1-4-14-34(15-5-1)37-20-10-21-38(28-37)47-31-48(39-22-11-23-42(30-39)54-32-40-29-41(33-54)49(40)54)56-52(55-47)45-26-12-25-44-43(45)24-13-27-46(44)53-58-50(35-16-6-2-7-17-35)57-51(59-53)36-18-8-3-9-19-36/h1-28,30-31,40-41,49H,29,32-33H2. The van der Waals surface area contributed by atoms with Crippen molar-refractivity contribution in [2.75, 3.05) is 0 Å². The van der Waals surface area contributed by atoms with Crippen LogP contribution >= 0.6 is 0 Å². The molecule has 3 saturated carbocycles. The molecule has 0 saturated heterocycles. The van der Waals surface area contributed by atoms with E-state index in [1.165, 1.54) is 30.4 Å². The highest BCUT2D eigenvalue weighted by atomic mass is 15.0. The maximum absolute atomic E-state index is 5.42. The predicted octanol–water partition coefficient (Wildman–Crippen LogP) is 12.8. The summed E-state index contributed by atoms with van der Waals surface area (Å²) in [5.41, 5.74) is 12.0. The Labute approximate surface area is 343 Å². The van der Waals surface area contributed by atoms with Crippen molar-refractivity contribution < 1.29 is 0 Å². The second-order valence-corrected chi connectivity index (χ2v) is 16.6. The van der Waals surface area contributed by atoms with Gasteiger partial charge in [-0.05, 0) is 88.1 Å². The fourth-order valence-corrected chi connectivity index (χ4v) is 10.6. The largest absolute Gasteiger partial charge is 0.228 e. The highest BCUT2D eigenvalue weighted by molar-refractivity contribution is 6.03. The number of hydrogen-bond donors (Lipinski definition) is 0. The van der Waals surface area contributed by atoms with Crippen LogP contribution in [0.2, 0.25) is 0 Å². The lowest BCUT2D eigenvalue weighted by Gasteiger charge is -2.76. The molecule has 0 bridgehead atoms. The Morgan fingerprint density at radius 1 is 0.356 bits per heavy atom. The zero-order valence-electron chi connectivity index (χ0n) is 32.4. The number of nitrogens with zero attached hydrogens (tertiary/aromatic N) is 5. The van der Waals surface area contributed by atoms with E-state index >= 15 is 0 Å². The van der Waals surface area contributed by atoms with Crippen LogP contribution < -0.4 is 0 Å². The molecule has 280 valence electrons. The molecule has 0 radical (unpaired) electrons. The molecule has 59 heavy (non-hydrogen) atoms. The van der Waals surface area contributed by atoms with Gasteiger partial charge in [-0.15, -0.1) is 0 Å². The fraction of sp³-hybridized carbons (Fsp3) is 0.130. The van der Waals surface area contributed by atoms with E-state index in [2.05, 4.69) is 121 Å². The lowest BCUT2D eigenvalue weighted by Crippen LogP contribution is -2.71. The van der Waals surface area contributed by atoms with Crippen molar-refractivity contribution in [3.63, 3.8) is 0 Å². The number of aromatic nitrogens is 5. The first-order valence-corrected chi connectivity index (χ1v) is 20.7. The Hall–Kier alpha value is -7.11. The van der Waals surface area contributed by atoms with Crippen molar-refractivity contribution in [1.29, 1.82) is 0 Å². The molecule has 3 aliphatic rings. The van der Waals surface area contributed by atoms with E-state index in [-0.39, 0.29) is 0 Å². The van der Waals surface area contributed by atoms with Gasteiger partial charge in [-0.3, -0.25) is 0 Å². The van der Waals surface area contributed by atoms with Gasteiger partial charge in [0, 0.05) is 33.4 Å². The normalized spacial score (nSPS) is 19.9. The fourth-order valence-electron chi connectivity index (χ4n) is 10.6. The molecule has 3 fully saturated rings. The molecular weight excluding hydrogens is 719 g/mol. The van der Waals surface area contributed by atoms with Gasteiger partial charge in [-0.1, -0.05) is 164 Å². The van der Waals surface area contributed by atoms with Crippen LogP contribution in [-0.2, 0) is 5.41 Å². The van der Waals surface area contributed by atoms with Crippen molar-refractivity contribution in [2.24, 2.45) is 17.8 Å². The molecule has 7 aromatic carbocycles. The predicted molar refractivity (Wildman–Crippen MR) is 237 cm³/mol. The Balaban J connectivity index is 1.02. The number of hydrogen-bond acceptors (Lipinski definition) is 5. The third-order valence-electron chi connectivity index (χ3n) is 13.3. The molecule has 2 unspecified atom stereocenters. The van der Waals surface area contributed by atoms with Gasteiger partial charge < -0.3 is 0 Å². The second kappa shape index (κ2) is 13.5. The summed E-state index contributed by atoms with van der Waals surface area (Å²) in [5, 5.41) is 2.06. The molecule has 0 spiro atoms. The van der Waals surface area contributed by atoms with E-state index in [1.807, 2.05) is 60.7 Å². The van der Waals surface area contributed by atoms with Gasteiger partial charge in [0.2, 0.25) is 0 Å². The van der Waals surface area contributed by atoms with E-state index in [0.717, 1.165) is 78.9 Å². The summed E-state index contributed by atoms with van der Waals surface area (Å²) in [6.07, 6.45) is 4.11. The van der Waals surface area contributed by atoms with Gasteiger partial charge in [-0.2, -0.15) is 0 Å². The topological polar surface area (TPSA) is 64.5 Å². The molecule has 9 aromatic rings. The minimum Gasteiger partial charge on any atom is -0.228 e. The molecule has 2 aromatic heterocycles. The lowest BCUT2D eigenvalue weighted by molar-refractivity contribution is -0.219.